The minimum atomic E-state index is 0.135. The van der Waals surface area contributed by atoms with Crippen molar-refractivity contribution in [3.63, 3.8) is 0 Å². The van der Waals surface area contributed by atoms with Crippen molar-refractivity contribution >= 4 is 5.96 Å². The summed E-state index contributed by atoms with van der Waals surface area (Å²) in [5.41, 5.74) is 1.23. The Kier molecular flexibility index (Phi) is 6.90. The van der Waals surface area contributed by atoms with Gasteiger partial charge in [-0.15, -0.1) is 0 Å². The second-order valence-electron chi connectivity index (χ2n) is 7.38. The van der Waals surface area contributed by atoms with Crippen LogP contribution in [0.25, 0.3) is 0 Å². The summed E-state index contributed by atoms with van der Waals surface area (Å²) in [6.45, 7) is 11.2. The molecule has 1 aliphatic heterocycles. The van der Waals surface area contributed by atoms with Crippen molar-refractivity contribution < 1.29 is 4.74 Å². The zero-order valence-corrected chi connectivity index (χ0v) is 17.4. The molecule has 2 heterocycles. The van der Waals surface area contributed by atoms with Crippen LogP contribution in [0.4, 0.5) is 0 Å². The fourth-order valence-electron chi connectivity index (χ4n) is 3.49. The topological polar surface area (TPSA) is 76.4 Å². The second kappa shape index (κ2) is 9.57. The van der Waals surface area contributed by atoms with Gasteiger partial charge in [-0.3, -0.25) is 0 Å². The molecule has 152 valence electrons. The van der Waals surface area contributed by atoms with Crippen molar-refractivity contribution in [1.29, 1.82) is 0 Å². The summed E-state index contributed by atoms with van der Waals surface area (Å²) >= 11 is 0. The molecular formula is C21H32N6O. The highest BCUT2D eigenvalue weighted by Crippen LogP contribution is 2.26. The molecule has 1 aromatic carbocycles. The fraction of sp³-hybridized carbons (Fsp3) is 0.571. The summed E-state index contributed by atoms with van der Waals surface area (Å²) in [5.74, 6) is 3.99. The van der Waals surface area contributed by atoms with Gasteiger partial charge in [-0.1, -0.05) is 32.0 Å². The Morgan fingerprint density at radius 3 is 2.96 bits per heavy atom. The molecule has 7 heteroatoms. The first-order valence-corrected chi connectivity index (χ1v) is 10.3. The quantitative estimate of drug-likeness (QED) is 0.436. The highest BCUT2D eigenvalue weighted by Gasteiger charge is 2.24. The van der Waals surface area contributed by atoms with Crippen LogP contribution in [0.3, 0.4) is 0 Å². The molecule has 0 bridgehead atoms. The molecule has 3 rings (SSSR count). The molecule has 1 aromatic heterocycles. The Balaban J connectivity index is 1.59. The van der Waals surface area contributed by atoms with Crippen LogP contribution in [-0.2, 0) is 6.54 Å². The van der Waals surface area contributed by atoms with Gasteiger partial charge in [-0.2, -0.15) is 5.10 Å². The van der Waals surface area contributed by atoms with Crippen LogP contribution < -0.4 is 15.4 Å². The van der Waals surface area contributed by atoms with Crippen molar-refractivity contribution in [2.75, 3.05) is 19.7 Å². The standard InChI is InChI=1S/C21H32N6O/c1-5-22-21(25-18-10-8-13-27-20(18)24-16(4)26-27)23-12-14-28-19-11-7-6-9-17(19)15(2)3/h6-7,9,11,15,18H,5,8,10,12-14H2,1-4H3,(H2,22,23,25). The van der Waals surface area contributed by atoms with E-state index in [0.29, 0.717) is 19.1 Å². The van der Waals surface area contributed by atoms with Crippen molar-refractivity contribution in [2.24, 2.45) is 4.99 Å². The maximum Gasteiger partial charge on any atom is 0.191 e. The first-order valence-electron chi connectivity index (χ1n) is 10.3. The number of aromatic nitrogens is 3. The van der Waals surface area contributed by atoms with Gasteiger partial charge in [0.15, 0.2) is 5.96 Å². The van der Waals surface area contributed by atoms with Gasteiger partial charge in [-0.25, -0.2) is 14.7 Å². The summed E-state index contributed by atoms with van der Waals surface area (Å²) < 4.78 is 7.99. The van der Waals surface area contributed by atoms with Gasteiger partial charge in [-0.05, 0) is 44.2 Å². The predicted octanol–water partition coefficient (Wildman–Crippen LogP) is 3.18. The molecule has 0 saturated carbocycles. The maximum atomic E-state index is 5.99. The number of hydrogen-bond donors (Lipinski definition) is 2. The molecule has 28 heavy (non-hydrogen) atoms. The van der Waals surface area contributed by atoms with Crippen LogP contribution >= 0.6 is 0 Å². The highest BCUT2D eigenvalue weighted by molar-refractivity contribution is 5.80. The zero-order chi connectivity index (χ0) is 19.9. The number of aliphatic imine (C=N–C) groups is 1. The number of nitrogens with one attached hydrogen (secondary N) is 2. The number of benzene rings is 1. The van der Waals surface area contributed by atoms with E-state index in [4.69, 9.17) is 4.74 Å². The van der Waals surface area contributed by atoms with E-state index in [0.717, 1.165) is 49.3 Å². The molecule has 0 radical (unpaired) electrons. The van der Waals surface area contributed by atoms with Crippen LogP contribution in [0, 0.1) is 6.92 Å². The second-order valence-corrected chi connectivity index (χ2v) is 7.38. The van der Waals surface area contributed by atoms with E-state index in [9.17, 15) is 0 Å². The van der Waals surface area contributed by atoms with Crippen LogP contribution in [0.15, 0.2) is 29.3 Å². The van der Waals surface area contributed by atoms with E-state index < -0.39 is 0 Å². The lowest BCUT2D eigenvalue weighted by molar-refractivity contribution is 0.323. The van der Waals surface area contributed by atoms with Crippen LogP contribution in [0.1, 0.15) is 62.8 Å². The van der Waals surface area contributed by atoms with Gasteiger partial charge in [0.25, 0.3) is 0 Å². The maximum absolute atomic E-state index is 5.99. The van der Waals surface area contributed by atoms with Gasteiger partial charge in [0, 0.05) is 13.1 Å². The minimum Gasteiger partial charge on any atom is -0.491 e. The molecule has 1 atom stereocenters. The van der Waals surface area contributed by atoms with Crippen molar-refractivity contribution in [1.82, 2.24) is 25.4 Å². The number of hydrogen-bond acceptors (Lipinski definition) is 4. The summed E-state index contributed by atoms with van der Waals surface area (Å²) in [5, 5.41) is 11.3. The number of guanidine groups is 1. The number of ether oxygens (including phenoxy) is 1. The third-order valence-electron chi connectivity index (χ3n) is 4.80. The Hall–Kier alpha value is -2.57. The third-order valence-corrected chi connectivity index (χ3v) is 4.80. The SMILES string of the molecule is CCNC(=NCCOc1ccccc1C(C)C)NC1CCCn2nc(C)nc21. The highest BCUT2D eigenvalue weighted by atomic mass is 16.5. The van der Waals surface area contributed by atoms with Crippen LogP contribution in [-0.4, -0.2) is 40.4 Å². The van der Waals surface area contributed by atoms with Gasteiger partial charge < -0.3 is 15.4 Å². The molecule has 0 saturated heterocycles. The van der Waals surface area contributed by atoms with E-state index in [1.165, 1.54) is 5.56 Å². The van der Waals surface area contributed by atoms with Gasteiger partial charge in [0.1, 0.15) is 24.0 Å². The smallest absolute Gasteiger partial charge is 0.191 e. The Labute approximate surface area is 167 Å². The third kappa shape index (κ3) is 5.03. The van der Waals surface area contributed by atoms with Gasteiger partial charge >= 0.3 is 0 Å². The molecular weight excluding hydrogens is 352 g/mol. The van der Waals surface area contributed by atoms with Crippen molar-refractivity contribution in [2.45, 2.75) is 59.0 Å². The number of rotatable bonds is 7. The summed E-state index contributed by atoms with van der Waals surface area (Å²) in [4.78, 5) is 9.28. The molecule has 0 aliphatic carbocycles. The Bertz CT molecular complexity index is 798. The lowest BCUT2D eigenvalue weighted by Crippen LogP contribution is -2.41. The van der Waals surface area contributed by atoms with Gasteiger partial charge in [0.2, 0.25) is 0 Å². The zero-order valence-electron chi connectivity index (χ0n) is 17.4. The Morgan fingerprint density at radius 1 is 1.36 bits per heavy atom. The van der Waals surface area contributed by atoms with Gasteiger partial charge in [0.05, 0.1) is 12.6 Å². The fourth-order valence-corrected chi connectivity index (χ4v) is 3.49. The Morgan fingerprint density at radius 2 is 2.18 bits per heavy atom. The lowest BCUT2D eigenvalue weighted by atomic mass is 10.0. The van der Waals surface area contributed by atoms with E-state index in [2.05, 4.69) is 58.6 Å². The van der Waals surface area contributed by atoms with E-state index in [1.807, 2.05) is 23.7 Å². The predicted molar refractivity (Wildman–Crippen MR) is 112 cm³/mol. The largest absolute Gasteiger partial charge is 0.491 e. The van der Waals surface area contributed by atoms with E-state index >= 15 is 0 Å². The lowest BCUT2D eigenvalue weighted by Gasteiger charge is -2.25. The van der Waals surface area contributed by atoms with Crippen LogP contribution in [0.2, 0.25) is 0 Å². The minimum absolute atomic E-state index is 0.135. The van der Waals surface area contributed by atoms with Crippen molar-refractivity contribution in [3.8, 4) is 5.75 Å². The average Bonchev–Trinajstić information content (AvgIpc) is 3.06. The molecule has 7 nitrogen and oxygen atoms in total. The van der Waals surface area contributed by atoms with Crippen LogP contribution in [0.5, 0.6) is 5.75 Å². The summed E-state index contributed by atoms with van der Waals surface area (Å²) in [6, 6.07) is 8.35. The summed E-state index contributed by atoms with van der Waals surface area (Å²) in [7, 11) is 0. The molecule has 0 amide bonds. The molecule has 0 spiro atoms. The van der Waals surface area contributed by atoms with E-state index in [1.54, 1.807) is 0 Å². The molecule has 1 aliphatic rings. The van der Waals surface area contributed by atoms with E-state index in [-0.39, 0.29) is 6.04 Å². The molecule has 2 aromatic rings. The first kappa shape index (κ1) is 20.2. The normalized spacial score (nSPS) is 16.8. The number of nitrogens with zero attached hydrogens (tertiary/aromatic N) is 4. The average molecular weight is 385 g/mol. The van der Waals surface area contributed by atoms with Crippen molar-refractivity contribution in [3.05, 3.63) is 41.5 Å². The molecule has 2 N–H and O–H groups in total. The first-order chi connectivity index (χ1) is 13.6. The molecule has 0 fully saturated rings. The number of fused-ring (bicyclic) bond motifs is 1. The molecule has 1 unspecified atom stereocenters. The monoisotopic (exact) mass is 384 g/mol. The number of aryl methyl sites for hydroxylation is 2. The number of para-hydroxylation sites is 1. The summed E-state index contributed by atoms with van der Waals surface area (Å²) in [6.07, 6.45) is 2.11.